The molecule has 43 heavy (non-hydrogen) atoms. The van der Waals surface area contributed by atoms with Crippen LogP contribution in [0, 0.1) is 5.41 Å². The van der Waals surface area contributed by atoms with Crippen LogP contribution in [0.5, 0.6) is 5.75 Å². The van der Waals surface area contributed by atoms with E-state index in [9.17, 15) is 14.7 Å². The Bertz CT molecular complexity index is 1900. The summed E-state index contributed by atoms with van der Waals surface area (Å²) in [7, 11) is 1.64. The van der Waals surface area contributed by atoms with Crippen LogP contribution in [0.2, 0.25) is 0 Å². The maximum atomic E-state index is 13.5. The Morgan fingerprint density at radius 3 is 2.42 bits per heavy atom. The minimum absolute atomic E-state index is 0.0850. The van der Waals surface area contributed by atoms with Crippen molar-refractivity contribution in [2.45, 2.75) is 63.6 Å². The first-order chi connectivity index (χ1) is 20.6. The molecule has 2 saturated carbocycles. The first-order valence-corrected chi connectivity index (χ1v) is 14.8. The average molecular weight is 578 g/mol. The van der Waals surface area contributed by atoms with Gasteiger partial charge >= 0.3 is 0 Å². The largest absolute Gasteiger partial charge is 0.497 e. The predicted octanol–water partition coefficient (Wildman–Crippen LogP) is 5.18. The number of benzene rings is 3. The number of nitrogens with one attached hydrogen (secondary N) is 2. The summed E-state index contributed by atoms with van der Waals surface area (Å²) >= 11 is 0. The smallest absolute Gasteiger partial charge is 0.272 e. The molecule has 3 N–H and O–H groups in total. The van der Waals surface area contributed by atoms with Crippen LogP contribution in [0.3, 0.4) is 0 Å². The van der Waals surface area contributed by atoms with Crippen LogP contribution in [-0.4, -0.2) is 49.7 Å². The zero-order chi connectivity index (χ0) is 29.9. The second kappa shape index (κ2) is 10.1. The summed E-state index contributed by atoms with van der Waals surface area (Å²) in [5.74, 6) is 0.896. The number of hydrogen-bond donors (Lipinski definition) is 3. The van der Waals surface area contributed by atoms with E-state index in [0.717, 1.165) is 64.5 Å². The molecule has 1 spiro atoms. The monoisotopic (exact) mass is 577 g/mol. The highest BCUT2D eigenvalue weighted by Gasteiger charge is 2.54. The van der Waals surface area contributed by atoms with Gasteiger partial charge < -0.3 is 15.2 Å². The summed E-state index contributed by atoms with van der Waals surface area (Å²) in [5.41, 5.74) is 3.19. The lowest BCUT2D eigenvalue weighted by Crippen LogP contribution is -2.55. The van der Waals surface area contributed by atoms with Crippen molar-refractivity contribution in [3.63, 3.8) is 0 Å². The van der Waals surface area contributed by atoms with Crippen LogP contribution in [0.15, 0.2) is 71.5 Å². The summed E-state index contributed by atoms with van der Waals surface area (Å²) in [5, 5.41) is 27.9. The molecule has 2 fully saturated rings. The summed E-state index contributed by atoms with van der Waals surface area (Å²) in [6, 6.07) is 21.5. The van der Waals surface area contributed by atoms with Crippen LogP contribution >= 0.6 is 0 Å². The molecule has 0 bridgehead atoms. The lowest BCUT2D eigenvalue weighted by molar-refractivity contribution is -0.0197. The first-order valence-electron chi connectivity index (χ1n) is 14.8. The molecule has 5 aromatic rings. The predicted molar refractivity (Wildman–Crippen MR) is 165 cm³/mol. The molecular formula is C34H35N5O4. The van der Waals surface area contributed by atoms with E-state index in [1.807, 2.05) is 66.7 Å². The van der Waals surface area contributed by atoms with Gasteiger partial charge in [-0.1, -0.05) is 36.4 Å². The number of aliphatic hydroxyl groups is 1. The Hall–Kier alpha value is -4.50. The summed E-state index contributed by atoms with van der Waals surface area (Å²) in [6.45, 7) is 3.72. The highest BCUT2D eigenvalue weighted by molar-refractivity contribution is 6.05. The van der Waals surface area contributed by atoms with Crippen LogP contribution in [0.1, 0.15) is 61.6 Å². The molecule has 0 atom stereocenters. The molecule has 0 unspecified atom stereocenters. The zero-order valence-electron chi connectivity index (χ0n) is 24.6. The molecular weight excluding hydrogens is 542 g/mol. The molecule has 9 heteroatoms. The van der Waals surface area contributed by atoms with Crippen molar-refractivity contribution >= 4 is 27.6 Å². The van der Waals surface area contributed by atoms with E-state index in [1.54, 1.807) is 25.6 Å². The molecule has 220 valence electrons. The van der Waals surface area contributed by atoms with Crippen molar-refractivity contribution < 1.29 is 14.6 Å². The molecule has 2 aromatic heterocycles. The minimum Gasteiger partial charge on any atom is -0.497 e. The van der Waals surface area contributed by atoms with E-state index < -0.39 is 5.60 Å². The summed E-state index contributed by atoms with van der Waals surface area (Å²) < 4.78 is 7.03. The number of aromatic nitrogens is 4. The maximum Gasteiger partial charge on any atom is 0.272 e. The lowest BCUT2D eigenvalue weighted by atomic mass is 9.49. The number of ether oxygens (including phenoxy) is 1. The van der Waals surface area contributed by atoms with Gasteiger partial charge in [-0.15, -0.1) is 0 Å². The number of fused-ring (bicyclic) bond motifs is 2. The molecule has 1 amide bonds. The third-order valence-corrected chi connectivity index (χ3v) is 9.09. The Morgan fingerprint density at radius 2 is 1.72 bits per heavy atom. The van der Waals surface area contributed by atoms with Crippen molar-refractivity contribution in [1.82, 2.24) is 25.3 Å². The van der Waals surface area contributed by atoms with E-state index >= 15 is 0 Å². The van der Waals surface area contributed by atoms with Crippen molar-refractivity contribution in [3.8, 4) is 16.9 Å². The second-order valence-corrected chi connectivity index (χ2v) is 12.9. The third kappa shape index (κ3) is 4.97. The highest BCUT2D eigenvalue weighted by atomic mass is 16.5. The molecule has 0 saturated heterocycles. The van der Waals surface area contributed by atoms with Gasteiger partial charge in [0.25, 0.3) is 11.5 Å². The fraction of sp³-hybridized carbons (Fsp3) is 0.353. The molecule has 0 aliphatic heterocycles. The number of carbonyl (C=O) groups excluding carboxylic acids is 1. The number of H-pyrrole nitrogens is 1. The standard InChI is InChI=1S/C34H35N5O4/c1-33(2,42)19-39-28-14-21(20-8-11-24(43-3)12-9-20)10-13-27(28)30(38-39)32(41)35-23-17-34(18-23)15-22(16-34)29-25-6-4-5-7-26(25)31(40)37-36-29/h4-14,22-23,42H,15-19H2,1-3H3,(H,35,41)(H,37,40). The summed E-state index contributed by atoms with van der Waals surface area (Å²) in [4.78, 5) is 25.7. The molecule has 2 heterocycles. The molecule has 0 radical (unpaired) electrons. The van der Waals surface area contributed by atoms with Gasteiger partial charge in [-0.25, -0.2) is 5.10 Å². The number of amides is 1. The van der Waals surface area contributed by atoms with E-state index in [-0.39, 0.29) is 29.5 Å². The Labute approximate surface area is 248 Å². The molecule has 3 aromatic carbocycles. The van der Waals surface area contributed by atoms with Crippen LogP contribution in [-0.2, 0) is 6.54 Å². The number of hydrogen-bond acceptors (Lipinski definition) is 6. The van der Waals surface area contributed by atoms with E-state index in [0.29, 0.717) is 17.0 Å². The fourth-order valence-corrected chi connectivity index (χ4v) is 7.09. The van der Waals surface area contributed by atoms with Gasteiger partial charge in [0.15, 0.2) is 5.69 Å². The number of carbonyl (C=O) groups is 1. The van der Waals surface area contributed by atoms with E-state index in [2.05, 4.69) is 15.5 Å². The lowest BCUT2D eigenvalue weighted by Gasteiger charge is -2.57. The van der Waals surface area contributed by atoms with Gasteiger partial charge in [-0.3, -0.25) is 14.3 Å². The van der Waals surface area contributed by atoms with E-state index in [1.165, 1.54) is 0 Å². The third-order valence-electron chi connectivity index (χ3n) is 9.09. The average Bonchev–Trinajstić information content (AvgIpc) is 3.30. The van der Waals surface area contributed by atoms with E-state index in [4.69, 9.17) is 9.84 Å². The van der Waals surface area contributed by atoms with Gasteiger partial charge in [0.05, 0.1) is 35.9 Å². The van der Waals surface area contributed by atoms with Crippen molar-refractivity contribution in [1.29, 1.82) is 0 Å². The van der Waals surface area contributed by atoms with Crippen molar-refractivity contribution in [2.75, 3.05) is 7.11 Å². The van der Waals surface area contributed by atoms with Gasteiger partial charge in [-0.05, 0) is 86.4 Å². The van der Waals surface area contributed by atoms with Gasteiger partial charge in [0.1, 0.15) is 5.75 Å². The fourth-order valence-electron chi connectivity index (χ4n) is 7.09. The van der Waals surface area contributed by atoms with Crippen molar-refractivity contribution in [2.24, 2.45) is 5.41 Å². The minimum atomic E-state index is -1.00. The topological polar surface area (TPSA) is 122 Å². The second-order valence-electron chi connectivity index (χ2n) is 12.9. The van der Waals surface area contributed by atoms with Gasteiger partial charge in [0, 0.05) is 22.7 Å². The SMILES string of the molecule is COc1ccc(-c2ccc3c(C(=O)NC4CC5(C4)CC(c4n[nH]c(=O)c6ccccc46)C5)nn(CC(C)(C)O)c3c2)cc1. The number of nitrogens with zero attached hydrogens (tertiary/aromatic N) is 3. The number of methoxy groups -OCH3 is 1. The maximum absolute atomic E-state index is 13.5. The van der Waals surface area contributed by atoms with Crippen molar-refractivity contribution in [3.05, 3.63) is 88.5 Å². The Morgan fingerprint density at radius 1 is 1.02 bits per heavy atom. The quantitative estimate of drug-likeness (QED) is 0.245. The Balaban J connectivity index is 1.07. The molecule has 2 aliphatic rings. The number of rotatable bonds is 7. The van der Waals surface area contributed by atoms with Crippen LogP contribution in [0.25, 0.3) is 32.8 Å². The first kappa shape index (κ1) is 27.3. The highest BCUT2D eigenvalue weighted by Crippen LogP contribution is 2.62. The molecule has 2 aliphatic carbocycles. The van der Waals surface area contributed by atoms with Gasteiger partial charge in [-0.2, -0.15) is 10.2 Å². The number of aromatic amines is 1. The van der Waals surface area contributed by atoms with Crippen LogP contribution in [0.4, 0.5) is 0 Å². The molecule has 9 nitrogen and oxygen atoms in total. The molecule has 7 rings (SSSR count). The zero-order valence-corrected chi connectivity index (χ0v) is 24.6. The summed E-state index contributed by atoms with van der Waals surface area (Å²) in [6.07, 6.45) is 3.83. The normalized spacial score (nSPS) is 21.5. The Kier molecular flexibility index (Phi) is 6.39. The van der Waals surface area contributed by atoms with Crippen LogP contribution < -0.4 is 15.6 Å². The van der Waals surface area contributed by atoms with Gasteiger partial charge in [0.2, 0.25) is 0 Å².